The fourth-order valence-electron chi connectivity index (χ4n) is 3.28. The van der Waals surface area contributed by atoms with Crippen LogP contribution in [0.15, 0.2) is 30.5 Å². The van der Waals surface area contributed by atoms with Crippen LogP contribution in [0.4, 0.5) is 0 Å². The van der Waals surface area contributed by atoms with Crippen LogP contribution in [0, 0.1) is 23.2 Å². The number of hydrogen-bond donors (Lipinski definition) is 0. The lowest BCUT2D eigenvalue weighted by Gasteiger charge is -2.18. The summed E-state index contributed by atoms with van der Waals surface area (Å²) in [5.74, 6) is 1.37. The van der Waals surface area contributed by atoms with E-state index in [9.17, 15) is 0 Å². The maximum absolute atomic E-state index is 9.00. The molecular formula is C18H23N5. The minimum Gasteiger partial charge on any atom is -0.303 e. The minimum atomic E-state index is 0.647. The summed E-state index contributed by atoms with van der Waals surface area (Å²) in [5.41, 5.74) is 2.43. The van der Waals surface area contributed by atoms with Gasteiger partial charge in [-0.15, -0.1) is 5.10 Å². The summed E-state index contributed by atoms with van der Waals surface area (Å²) < 4.78 is 1.94. The standard InChI is InChI=1S/C18H23N5/c1-14(2)10-22-7-6-16(11-22)12-23-13-18(20-21-23)17-5-3-4-15(8-17)9-19/h3-5,8,13-14,16H,6-7,10-12H2,1-2H3/t16-/m0/s1. The lowest BCUT2D eigenvalue weighted by molar-refractivity contribution is 0.280. The van der Waals surface area contributed by atoms with Crippen molar-refractivity contribution in [2.45, 2.75) is 26.8 Å². The van der Waals surface area contributed by atoms with Crippen molar-refractivity contribution in [3.05, 3.63) is 36.0 Å². The van der Waals surface area contributed by atoms with Crippen molar-refractivity contribution in [2.24, 2.45) is 11.8 Å². The molecule has 2 aromatic rings. The van der Waals surface area contributed by atoms with Crippen LogP contribution in [0.2, 0.25) is 0 Å². The van der Waals surface area contributed by atoms with E-state index in [4.69, 9.17) is 5.26 Å². The van der Waals surface area contributed by atoms with Gasteiger partial charge in [-0.05, 0) is 36.9 Å². The van der Waals surface area contributed by atoms with Crippen molar-refractivity contribution in [1.29, 1.82) is 5.26 Å². The Morgan fingerprint density at radius 2 is 2.26 bits per heavy atom. The molecule has 1 saturated heterocycles. The Morgan fingerprint density at radius 1 is 1.39 bits per heavy atom. The molecule has 23 heavy (non-hydrogen) atoms. The van der Waals surface area contributed by atoms with Crippen molar-refractivity contribution in [2.75, 3.05) is 19.6 Å². The van der Waals surface area contributed by atoms with E-state index in [1.165, 1.54) is 19.5 Å². The molecule has 0 saturated carbocycles. The topological polar surface area (TPSA) is 57.7 Å². The normalized spacial score (nSPS) is 18.4. The van der Waals surface area contributed by atoms with Gasteiger partial charge in [0.15, 0.2) is 0 Å². The number of aromatic nitrogens is 3. The molecule has 1 atom stereocenters. The van der Waals surface area contributed by atoms with Gasteiger partial charge < -0.3 is 4.90 Å². The van der Waals surface area contributed by atoms with Gasteiger partial charge in [0.2, 0.25) is 0 Å². The van der Waals surface area contributed by atoms with Crippen LogP contribution in [0.1, 0.15) is 25.8 Å². The third-order valence-corrected chi connectivity index (χ3v) is 4.26. The van der Waals surface area contributed by atoms with E-state index in [-0.39, 0.29) is 0 Å². The molecule has 0 spiro atoms. The lowest BCUT2D eigenvalue weighted by Crippen LogP contribution is -2.26. The highest BCUT2D eigenvalue weighted by Gasteiger charge is 2.23. The predicted molar refractivity (Wildman–Crippen MR) is 89.6 cm³/mol. The van der Waals surface area contributed by atoms with E-state index in [1.54, 1.807) is 6.07 Å². The molecule has 0 aliphatic carbocycles. The van der Waals surface area contributed by atoms with Crippen LogP contribution < -0.4 is 0 Å². The van der Waals surface area contributed by atoms with E-state index in [2.05, 4.69) is 35.1 Å². The second-order valence-corrected chi connectivity index (χ2v) is 6.83. The first-order chi connectivity index (χ1) is 11.1. The number of nitrogens with zero attached hydrogens (tertiary/aromatic N) is 5. The highest BCUT2D eigenvalue weighted by Crippen LogP contribution is 2.21. The van der Waals surface area contributed by atoms with Gasteiger partial charge in [0.1, 0.15) is 5.69 Å². The summed E-state index contributed by atoms with van der Waals surface area (Å²) in [7, 11) is 0. The minimum absolute atomic E-state index is 0.647. The first-order valence-electron chi connectivity index (χ1n) is 8.27. The number of rotatable bonds is 5. The van der Waals surface area contributed by atoms with Crippen LogP contribution in [0.25, 0.3) is 11.3 Å². The third-order valence-electron chi connectivity index (χ3n) is 4.26. The summed E-state index contributed by atoms with van der Waals surface area (Å²) in [5, 5.41) is 17.5. The van der Waals surface area contributed by atoms with Crippen LogP contribution >= 0.6 is 0 Å². The van der Waals surface area contributed by atoms with E-state index in [0.717, 1.165) is 30.3 Å². The molecule has 0 radical (unpaired) electrons. The molecule has 1 aliphatic heterocycles. The van der Waals surface area contributed by atoms with Crippen LogP contribution in [0.5, 0.6) is 0 Å². The molecule has 5 heteroatoms. The zero-order valence-corrected chi connectivity index (χ0v) is 13.8. The molecule has 0 N–H and O–H groups in total. The van der Waals surface area contributed by atoms with Gasteiger partial charge in [-0.1, -0.05) is 31.2 Å². The maximum Gasteiger partial charge on any atom is 0.113 e. The Labute approximate surface area is 137 Å². The van der Waals surface area contributed by atoms with Gasteiger partial charge in [0, 0.05) is 25.2 Å². The smallest absolute Gasteiger partial charge is 0.113 e. The van der Waals surface area contributed by atoms with Crippen LogP contribution in [-0.2, 0) is 6.54 Å². The summed E-state index contributed by atoms with van der Waals surface area (Å²) in [6.07, 6.45) is 3.22. The first-order valence-corrected chi connectivity index (χ1v) is 8.27. The molecule has 5 nitrogen and oxygen atoms in total. The Bertz CT molecular complexity index is 697. The summed E-state index contributed by atoms with van der Waals surface area (Å²) in [4.78, 5) is 2.55. The quantitative estimate of drug-likeness (QED) is 0.852. The van der Waals surface area contributed by atoms with Crippen molar-refractivity contribution in [1.82, 2.24) is 19.9 Å². The monoisotopic (exact) mass is 309 g/mol. The average molecular weight is 309 g/mol. The maximum atomic E-state index is 9.00. The number of hydrogen-bond acceptors (Lipinski definition) is 4. The largest absolute Gasteiger partial charge is 0.303 e. The van der Waals surface area contributed by atoms with Crippen LogP contribution in [-0.4, -0.2) is 39.5 Å². The van der Waals surface area contributed by atoms with Gasteiger partial charge >= 0.3 is 0 Å². The molecule has 1 fully saturated rings. The molecule has 1 aliphatic rings. The zero-order chi connectivity index (χ0) is 16.2. The summed E-state index contributed by atoms with van der Waals surface area (Å²) >= 11 is 0. The van der Waals surface area contributed by atoms with Crippen LogP contribution in [0.3, 0.4) is 0 Å². The summed E-state index contributed by atoms with van der Waals surface area (Å²) in [6, 6.07) is 9.67. The number of nitriles is 1. The summed E-state index contributed by atoms with van der Waals surface area (Å²) in [6.45, 7) is 8.98. The molecule has 0 bridgehead atoms. The second kappa shape index (κ2) is 6.93. The molecule has 1 aromatic carbocycles. The fourth-order valence-corrected chi connectivity index (χ4v) is 3.28. The highest BCUT2D eigenvalue weighted by atomic mass is 15.4. The Balaban J connectivity index is 1.63. The Morgan fingerprint density at radius 3 is 3.04 bits per heavy atom. The van der Waals surface area contributed by atoms with E-state index in [0.29, 0.717) is 11.5 Å². The SMILES string of the molecule is CC(C)CN1CC[C@H](Cn2cc(-c3cccc(C#N)c3)nn2)C1. The predicted octanol–water partition coefficient (Wildman–Crippen LogP) is 2.79. The first kappa shape index (κ1) is 15.7. The zero-order valence-electron chi connectivity index (χ0n) is 13.8. The van der Waals surface area contributed by atoms with Crippen molar-refractivity contribution < 1.29 is 0 Å². The van der Waals surface area contributed by atoms with Gasteiger partial charge in [-0.2, -0.15) is 5.26 Å². The molecular weight excluding hydrogens is 286 g/mol. The van der Waals surface area contributed by atoms with Gasteiger partial charge in [-0.3, -0.25) is 4.68 Å². The van der Waals surface area contributed by atoms with E-state index in [1.807, 2.05) is 29.1 Å². The molecule has 120 valence electrons. The van der Waals surface area contributed by atoms with Gasteiger partial charge in [-0.25, -0.2) is 0 Å². The molecule has 0 unspecified atom stereocenters. The van der Waals surface area contributed by atoms with Crippen molar-refractivity contribution >= 4 is 0 Å². The number of likely N-dealkylation sites (tertiary alicyclic amines) is 1. The average Bonchev–Trinajstić information content (AvgIpc) is 3.17. The van der Waals surface area contributed by atoms with Gasteiger partial charge in [0.25, 0.3) is 0 Å². The number of benzene rings is 1. The molecule has 3 rings (SSSR count). The van der Waals surface area contributed by atoms with E-state index >= 15 is 0 Å². The Kier molecular flexibility index (Phi) is 4.73. The fraction of sp³-hybridized carbons (Fsp3) is 0.500. The molecule has 0 amide bonds. The van der Waals surface area contributed by atoms with Gasteiger partial charge in [0.05, 0.1) is 17.8 Å². The lowest BCUT2D eigenvalue weighted by atomic mass is 10.1. The highest BCUT2D eigenvalue weighted by molar-refractivity contribution is 5.60. The van der Waals surface area contributed by atoms with E-state index < -0.39 is 0 Å². The molecule has 1 aromatic heterocycles. The molecule has 2 heterocycles. The third kappa shape index (κ3) is 3.96. The Hall–Kier alpha value is -2.19. The van der Waals surface area contributed by atoms with Crippen molar-refractivity contribution in [3.8, 4) is 17.3 Å². The second-order valence-electron chi connectivity index (χ2n) is 6.83. The van der Waals surface area contributed by atoms with Crippen molar-refractivity contribution in [3.63, 3.8) is 0 Å².